The van der Waals surface area contributed by atoms with Crippen molar-refractivity contribution in [3.05, 3.63) is 81.9 Å². The first-order chi connectivity index (χ1) is 13.3. The molecule has 1 aromatic heterocycles. The summed E-state index contributed by atoms with van der Waals surface area (Å²) in [4.78, 5) is 4.97. The van der Waals surface area contributed by atoms with Gasteiger partial charge in [0, 0.05) is 16.3 Å². The summed E-state index contributed by atoms with van der Waals surface area (Å²) in [5.41, 5.74) is 6.42. The quantitative estimate of drug-likeness (QED) is 0.480. The number of fused-ring (bicyclic) bond motifs is 1. The molecule has 134 valence electrons. The van der Waals surface area contributed by atoms with E-state index in [1.54, 1.807) is 11.8 Å². The van der Waals surface area contributed by atoms with Crippen molar-refractivity contribution in [3.8, 4) is 17.3 Å². The molecule has 0 amide bonds. The highest BCUT2D eigenvalue weighted by molar-refractivity contribution is 7.98. The largest absolute Gasteiger partial charge is 0.240 e. The smallest absolute Gasteiger partial charge is 0.115 e. The maximum absolute atomic E-state index is 9.86. The molecule has 0 saturated heterocycles. The van der Waals surface area contributed by atoms with Gasteiger partial charge in [-0.25, -0.2) is 4.98 Å². The standard InChI is InChI=1S/C23H19ClN2S/c24-21-13-7-4-10-17(21)15-27-23-20(14-25)18-11-5-6-12-19(18)22(26-23)16-8-2-1-3-9-16/h1-4,7-10,13H,5-6,11-12,15H2. The van der Waals surface area contributed by atoms with Crippen molar-refractivity contribution in [2.75, 3.05) is 0 Å². The second-order valence-electron chi connectivity index (χ2n) is 6.66. The van der Waals surface area contributed by atoms with Crippen LogP contribution in [0.5, 0.6) is 0 Å². The Kier molecular flexibility index (Phi) is 5.48. The molecule has 0 unspecified atom stereocenters. The van der Waals surface area contributed by atoms with Gasteiger partial charge < -0.3 is 0 Å². The highest BCUT2D eigenvalue weighted by Gasteiger charge is 2.23. The van der Waals surface area contributed by atoms with E-state index >= 15 is 0 Å². The Bertz CT molecular complexity index is 1010. The van der Waals surface area contributed by atoms with Gasteiger partial charge in [0.1, 0.15) is 11.1 Å². The molecule has 1 heterocycles. The average Bonchev–Trinajstić information content (AvgIpc) is 2.73. The molecule has 2 nitrogen and oxygen atoms in total. The fourth-order valence-corrected chi connectivity index (χ4v) is 4.91. The fourth-order valence-electron chi connectivity index (χ4n) is 3.61. The lowest BCUT2D eigenvalue weighted by Crippen LogP contribution is -2.10. The van der Waals surface area contributed by atoms with Gasteiger partial charge in [-0.05, 0) is 48.4 Å². The molecule has 27 heavy (non-hydrogen) atoms. The maximum Gasteiger partial charge on any atom is 0.115 e. The average molecular weight is 391 g/mol. The van der Waals surface area contributed by atoms with Gasteiger partial charge in [0.25, 0.3) is 0 Å². The highest BCUT2D eigenvalue weighted by atomic mass is 35.5. The zero-order valence-electron chi connectivity index (χ0n) is 14.9. The first-order valence-electron chi connectivity index (χ1n) is 9.15. The molecular weight excluding hydrogens is 372 g/mol. The predicted molar refractivity (Wildman–Crippen MR) is 112 cm³/mol. The molecule has 0 fully saturated rings. The first-order valence-corrected chi connectivity index (χ1v) is 10.5. The second-order valence-corrected chi connectivity index (χ2v) is 8.03. The Balaban J connectivity index is 1.79. The molecule has 0 saturated carbocycles. The summed E-state index contributed by atoms with van der Waals surface area (Å²) < 4.78 is 0. The Hall–Kier alpha value is -2.28. The lowest BCUT2D eigenvalue weighted by atomic mass is 9.86. The summed E-state index contributed by atoms with van der Waals surface area (Å²) in [5.74, 6) is 0.703. The van der Waals surface area contributed by atoms with Crippen LogP contribution in [0.2, 0.25) is 5.02 Å². The van der Waals surface area contributed by atoms with Crippen molar-refractivity contribution in [1.29, 1.82) is 5.26 Å². The summed E-state index contributed by atoms with van der Waals surface area (Å²) in [5, 5.41) is 11.4. The van der Waals surface area contributed by atoms with Crippen molar-refractivity contribution < 1.29 is 0 Å². The third kappa shape index (κ3) is 3.74. The number of hydrogen-bond donors (Lipinski definition) is 0. The third-order valence-electron chi connectivity index (χ3n) is 4.96. The Morgan fingerprint density at radius 1 is 0.963 bits per heavy atom. The first kappa shape index (κ1) is 18.1. The van der Waals surface area contributed by atoms with E-state index in [0.717, 1.165) is 58.1 Å². The van der Waals surface area contributed by atoms with Crippen LogP contribution in [0.4, 0.5) is 0 Å². The molecule has 2 aromatic carbocycles. The number of pyridine rings is 1. The minimum atomic E-state index is 0.703. The third-order valence-corrected chi connectivity index (χ3v) is 6.36. The SMILES string of the molecule is N#Cc1c(SCc2ccccc2Cl)nc(-c2ccccc2)c2c1CCCC2. The van der Waals surface area contributed by atoms with E-state index in [2.05, 4.69) is 18.2 Å². The van der Waals surface area contributed by atoms with E-state index in [9.17, 15) is 5.26 Å². The maximum atomic E-state index is 9.86. The normalized spacial score (nSPS) is 13.0. The lowest BCUT2D eigenvalue weighted by molar-refractivity contribution is 0.677. The molecule has 0 radical (unpaired) electrons. The van der Waals surface area contributed by atoms with Gasteiger partial charge in [-0.1, -0.05) is 60.1 Å². The molecule has 0 atom stereocenters. The molecule has 4 rings (SSSR count). The number of halogens is 1. The molecule has 0 N–H and O–H groups in total. The van der Waals surface area contributed by atoms with Crippen LogP contribution in [0, 0.1) is 11.3 Å². The number of nitriles is 1. The number of thioether (sulfide) groups is 1. The molecule has 3 aromatic rings. The zero-order valence-corrected chi connectivity index (χ0v) is 16.5. The van der Waals surface area contributed by atoms with Gasteiger partial charge in [-0.2, -0.15) is 5.26 Å². The molecular formula is C23H19ClN2S. The summed E-state index contributed by atoms with van der Waals surface area (Å²) in [7, 11) is 0. The van der Waals surface area contributed by atoms with Gasteiger partial charge in [-0.3, -0.25) is 0 Å². The van der Waals surface area contributed by atoms with Gasteiger partial charge in [0.05, 0.1) is 11.3 Å². The second kappa shape index (κ2) is 8.17. The topological polar surface area (TPSA) is 36.7 Å². The molecule has 4 heteroatoms. The molecule has 0 spiro atoms. The molecule has 1 aliphatic carbocycles. The molecule has 0 bridgehead atoms. The monoisotopic (exact) mass is 390 g/mol. The lowest BCUT2D eigenvalue weighted by Gasteiger charge is -2.22. The number of hydrogen-bond acceptors (Lipinski definition) is 3. The fraction of sp³-hybridized carbons (Fsp3) is 0.217. The van der Waals surface area contributed by atoms with E-state index in [4.69, 9.17) is 16.6 Å². The highest BCUT2D eigenvalue weighted by Crippen LogP contribution is 2.37. The van der Waals surface area contributed by atoms with Crippen LogP contribution in [0.25, 0.3) is 11.3 Å². The number of rotatable bonds is 4. The van der Waals surface area contributed by atoms with E-state index < -0.39 is 0 Å². The van der Waals surface area contributed by atoms with E-state index in [1.165, 1.54) is 11.1 Å². The Labute approximate surface area is 169 Å². The van der Waals surface area contributed by atoms with Crippen molar-refractivity contribution in [3.63, 3.8) is 0 Å². The number of aromatic nitrogens is 1. The molecule has 0 aliphatic heterocycles. The van der Waals surface area contributed by atoms with Gasteiger partial charge in [0.2, 0.25) is 0 Å². The van der Waals surface area contributed by atoms with Crippen LogP contribution in [0.1, 0.15) is 35.1 Å². The number of nitrogens with zero attached hydrogens (tertiary/aromatic N) is 2. The summed E-state index contributed by atoms with van der Waals surface area (Å²) in [6, 6.07) is 20.6. The van der Waals surface area contributed by atoms with Gasteiger partial charge in [-0.15, -0.1) is 11.8 Å². The van der Waals surface area contributed by atoms with Crippen molar-refractivity contribution in [2.24, 2.45) is 0 Å². The van der Waals surface area contributed by atoms with Crippen LogP contribution in [-0.4, -0.2) is 4.98 Å². The van der Waals surface area contributed by atoms with Crippen LogP contribution in [0.3, 0.4) is 0 Å². The van der Waals surface area contributed by atoms with Crippen LogP contribution in [-0.2, 0) is 18.6 Å². The van der Waals surface area contributed by atoms with Crippen molar-refractivity contribution in [2.45, 2.75) is 36.5 Å². The number of benzene rings is 2. The van der Waals surface area contributed by atoms with E-state index in [-0.39, 0.29) is 0 Å². The minimum Gasteiger partial charge on any atom is -0.240 e. The Morgan fingerprint density at radius 3 is 2.41 bits per heavy atom. The van der Waals surface area contributed by atoms with Gasteiger partial charge >= 0.3 is 0 Å². The van der Waals surface area contributed by atoms with Crippen molar-refractivity contribution in [1.82, 2.24) is 4.98 Å². The summed E-state index contributed by atoms with van der Waals surface area (Å²) in [6.45, 7) is 0. The summed E-state index contributed by atoms with van der Waals surface area (Å²) in [6.07, 6.45) is 4.25. The minimum absolute atomic E-state index is 0.703. The van der Waals surface area contributed by atoms with E-state index in [0.29, 0.717) is 5.75 Å². The Morgan fingerprint density at radius 2 is 1.67 bits per heavy atom. The van der Waals surface area contributed by atoms with Crippen molar-refractivity contribution >= 4 is 23.4 Å². The molecule has 1 aliphatic rings. The predicted octanol–water partition coefficient (Wildman–Crippen LogP) is 6.44. The zero-order chi connectivity index (χ0) is 18.6. The van der Waals surface area contributed by atoms with Crippen LogP contribution in [0.15, 0.2) is 59.6 Å². The van der Waals surface area contributed by atoms with E-state index in [1.807, 2.05) is 42.5 Å². The van der Waals surface area contributed by atoms with Crippen LogP contribution >= 0.6 is 23.4 Å². The summed E-state index contributed by atoms with van der Waals surface area (Å²) >= 11 is 7.91. The van der Waals surface area contributed by atoms with Crippen LogP contribution < -0.4 is 0 Å². The van der Waals surface area contributed by atoms with Gasteiger partial charge in [0.15, 0.2) is 0 Å².